The molecule has 4 heteroatoms. The summed E-state index contributed by atoms with van der Waals surface area (Å²) in [7, 11) is 0. The average Bonchev–Trinajstić information content (AvgIpc) is 2.10. The number of benzene rings is 1. The molecule has 2 aromatic rings. The SMILES string of the molecule is Cc1cc(O)cc2ncc(F)c(Cl)c12. The van der Waals surface area contributed by atoms with Gasteiger partial charge in [0, 0.05) is 11.5 Å². The van der Waals surface area contributed by atoms with Gasteiger partial charge in [-0.1, -0.05) is 11.6 Å². The minimum atomic E-state index is -0.548. The minimum Gasteiger partial charge on any atom is -0.508 e. The molecule has 0 unspecified atom stereocenters. The molecule has 0 spiro atoms. The number of pyridine rings is 1. The van der Waals surface area contributed by atoms with Crippen molar-refractivity contribution in [1.29, 1.82) is 0 Å². The highest BCUT2D eigenvalue weighted by atomic mass is 35.5. The molecule has 2 rings (SSSR count). The summed E-state index contributed by atoms with van der Waals surface area (Å²) in [5, 5.41) is 9.89. The van der Waals surface area contributed by atoms with E-state index in [-0.39, 0.29) is 10.8 Å². The van der Waals surface area contributed by atoms with E-state index >= 15 is 0 Å². The summed E-state index contributed by atoms with van der Waals surface area (Å²) in [5.41, 5.74) is 1.20. The van der Waals surface area contributed by atoms with Gasteiger partial charge in [0.15, 0.2) is 5.82 Å². The highest BCUT2D eigenvalue weighted by Gasteiger charge is 2.09. The van der Waals surface area contributed by atoms with Crippen LogP contribution >= 0.6 is 11.6 Å². The van der Waals surface area contributed by atoms with E-state index in [1.165, 1.54) is 12.1 Å². The maximum atomic E-state index is 13.1. The summed E-state index contributed by atoms with van der Waals surface area (Å²) < 4.78 is 13.1. The van der Waals surface area contributed by atoms with E-state index < -0.39 is 5.82 Å². The Morgan fingerprint density at radius 3 is 2.86 bits per heavy atom. The number of rotatable bonds is 0. The molecule has 1 aromatic heterocycles. The van der Waals surface area contributed by atoms with Crippen molar-refractivity contribution in [1.82, 2.24) is 4.98 Å². The Bertz CT molecular complexity index is 513. The fraction of sp³-hybridized carbons (Fsp3) is 0.100. The predicted molar refractivity (Wildman–Crippen MR) is 53.1 cm³/mol. The monoisotopic (exact) mass is 211 g/mol. The summed E-state index contributed by atoms with van der Waals surface area (Å²) in [6.45, 7) is 1.75. The topological polar surface area (TPSA) is 33.1 Å². The number of hydrogen-bond acceptors (Lipinski definition) is 2. The van der Waals surface area contributed by atoms with Crippen LogP contribution in [0.5, 0.6) is 5.75 Å². The van der Waals surface area contributed by atoms with Crippen LogP contribution in [-0.4, -0.2) is 10.1 Å². The lowest BCUT2D eigenvalue weighted by Crippen LogP contribution is -1.87. The smallest absolute Gasteiger partial charge is 0.160 e. The number of aromatic hydroxyl groups is 1. The Balaban J connectivity index is 2.95. The molecule has 1 aromatic carbocycles. The Kier molecular flexibility index (Phi) is 2.04. The van der Waals surface area contributed by atoms with Gasteiger partial charge >= 0.3 is 0 Å². The Labute approximate surface area is 85.0 Å². The minimum absolute atomic E-state index is 0.0486. The standard InChI is InChI=1S/C10H7ClFNO/c1-5-2-6(14)3-8-9(5)10(11)7(12)4-13-8/h2-4,14H,1H3. The van der Waals surface area contributed by atoms with Crippen molar-refractivity contribution in [2.24, 2.45) is 0 Å². The van der Waals surface area contributed by atoms with E-state index in [0.29, 0.717) is 16.5 Å². The van der Waals surface area contributed by atoms with Crippen molar-refractivity contribution in [2.45, 2.75) is 6.92 Å². The molecule has 0 saturated heterocycles. The molecule has 0 bridgehead atoms. The number of fused-ring (bicyclic) bond motifs is 1. The lowest BCUT2D eigenvalue weighted by atomic mass is 10.1. The summed E-state index contributed by atoms with van der Waals surface area (Å²) in [6, 6.07) is 2.98. The second kappa shape index (κ2) is 3.10. The molecule has 0 aliphatic carbocycles. The number of aryl methyl sites for hydroxylation is 1. The molecule has 1 heterocycles. The van der Waals surface area contributed by atoms with Crippen LogP contribution in [0.2, 0.25) is 5.02 Å². The largest absolute Gasteiger partial charge is 0.508 e. The fourth-order valence-corrected chi connectivity index (χ4v) is 1.73. The van der Waals surface area contributed by atoms with Gasteiger partial charge in [0.1, 0.15) is 5.75 Å². The summed E-state index contributed by atoms with van der Waals surface area (Å²) >= 11 is 5.79. The first-order chi connectivity index (χ1) is 6.59. The molecule has 14 heavy (non-hydrogen) atoms. The van der Waals surface area contributed by atoms with E-state index in [4.69, 9.17) is 11.6 Å². The van der Waals surface area contributed by atoms with Gasteiger partial charge in [-0.3, -0.25) is 4.98 Å². The molecule has 0 aliphatic heterocycles. The predicted octanol–water partition coefficient (Wildman–Crippen LogP) is 3.04. The van der Waals surface area contributed by atoms with Crippen LogP contribution < -0.4 is 0 Å². The molecule has 0 saturated carbocycles. The third-order valence-electron chi connectivity index (χ3n) is 2.05. The van der Waals surface area contributed by atoms with Crippen molar-refractivity contribution in [3.05, 3.63) is 34.7 Å². The number of nitrogens with zero attached hydrogens (tertiary/aromatic N) is 1. The first kappa shape index (κ1) is 9.21. The third kappa shape index (κ3) is 1.30. The number of aromatic nitrogens is 1. The molecule has 2 nitrogen and oxygen atoms in total. The molecule has 1 N–H and O–H groups in total. The van der Waals surface area contributed by atoms with Crippen molar-refractivity contribution < 1.29 is 9.50 Å². The molecule has 0 fully saturated rings. The van der Waals surface area contributed by atoms with Gasteiger partial charge in [-0.25, -0.2) is 4.39 Å². The molecule has 0 atom stereocenters. The van der Waals surface area contributed by atoms with Crippen LogP contribution in [0.25, 0.3) is 10.9 Å². The number of halogens is 2. The normalized spacial score (nSPS) is 10.8. The highest BCUT2D eigenvalue weighted by molar-refractivity contribution is 6.35. The molecule has 0 radical (unpaired) electrons. The zero-order valence-corrected chi connectivity index (χ0v) is 8.14. The van der Waals surface area contributed by atoms with Gasteiger partial charge in [-0.15, -0.1) is 0 Å². The van der Waals surface area contributed by atoms with Crippen LogP contribution in [0.4, 0.5) is 4.39 Å². The van der Waals surface area contributed by atoms with Crippen molar-refractivity contribution in [3.8, 4) is 5.75 Å². The molecule has 0 amide bonds. The first-order valence-electron chi connectivity index (χ1n) is 4.03. The lowest BCUT2D eigenvalue weighted by molar-refractivity contribution is 0.475. The van der Waals surface area contributed by atoms with Gasteiger partial charge in [0.2, 0.25) is 0 Å². The highest BCUT2D eigenvalue weighted by Crippen LogP contribution is 2.30. The van der Waals surface area contributed by atoms with Crippen LogP contribution in [-0.2, 0) is 0 Å². The van der Waals surface area contributed by atoms with E-state index in [1.54, 1.807) is 6.92 Å². The quantitative estimate of drug-likeness (QED) is 0.727. The van der Waals surface area contributed by atoms with Gasteiger partial charge in [-0.05, 0) is 18.6 Å². The molecular formula is C10H7ClFNO. The van der Waals surface area contributed by atoms with Crippen LogP contribution in [0.3, 0.4) is 0 Å². The van der Waals surface area contributed by atoms with E-state index in [9.17, 15) is 9.50 Å². The van der Waals surface area contributed by atoms with E-state index in [0.717, 1.165) is 6.20 Å². The summed E-state index contributed by atoms with van der Waals surface area (Å²) in [6.07, 6.45) is 1.05. The zero-order chi connectivity index (χ0) is 10.3. The first-order valence-corrected chi connectivity index (χ1v) is 4.40. The summed E-state index contributed by atoms with van der Waals surface area (Å²) in [4.78, 5) is 3.84. The van der Waals surface area contributed by atoms with Crippen molar-refractivity contribution >= 4 is 22.5 Å². The van der Waals surface area contributed by atoms with Gasteiger partial charge < -0.3 is 5.11 Å². The van der Waals surface area contributed by atoms with Crippen LogP contribution in [0, 0.1) is 12.7 Å². The van der Waals surface area contributed by atoms with E-state index in [2.05, 4.69) is 4.98 Å². The number of hydrogen-bond donors (Lipinski definition) is 1. The second-order valence-electron chi connectivity index (χ2n) is 3.08. The molecular weight excluding hydrogens is 205 g/mol. The van der Waals surface area contributed by atoms with Gasteiger partial charge in [0.05, 0.1) is 16.7 Å². The average molecular weight is 212 g/mol. The second-order valence-corrected chi connectivity index (χ2v) is 3.45. The lowest BCUT2D eigenvalue weighted by Gasteiger charge is -2.05. The van der Waals surface area contributed by atoms with Crippen LogP contribution in [0.15, 0.2) is 18.3 Å². The van der Waals surface area contributed by atoms with E-state index in [1.807, 2.05) is 0 Å². The maximum Gasteiger partial charge on any atom is 0.160 e. The Morgan fingerprint density at radius 2 is 2.14 bits per heavy atom. The van der Waals surface area contributed by atoms with Gasteiger partial charge in [-0.2, -0.15) is 0 Å². The zero-order valence-electron chi connectivity index (χ0n) is 7.38. The van der Waals surface area contributed by atoms with Crippen molar-refractivity contribution in [2.75, 3.05) is 0 Å². The summed E-state index contributed by atoms with van der Waals surface area (Å²) in [5.74, 6) is -0.446. The molecule has 72 valence electrons. The number of phenols is 1. The maximum absolute atomic E-state index is 13.1. The van der Waals surface area contributed by atoms with Gasteiger partial charge in [0.25, 0.3) is 0 Å². The Hall–Kier alpha value is -1.35. The van der Waals surface area contributed by atoms with Crippen LogP contribution in [0.1, 0.15) is 5.56 Å². The number of phenolic OH excluding ortho intramolecular Hbond substituents is 1. The van der Waals surface area contributed by atoms with Crippen molar-refractivity contribution in [3.63, 3.8) is 0 Å². The molecule has 0 aliphatic rings. The fourth-order valence-electron chi connectivity index (χ4n) is 1.44. The third-order valence-corrected chi connectivity index (χ3v) is 2.42. The Morgan fingerprint density at radius 1 is 1.43 bits per heavy atom.